The number of nitrogens with one attached hydrogen (secondary N) is 4. The first-order valence-electron chi connectivity index (χ1n) is 13.3. The Morgan fingerprint density at radius 1 is 0.756 bits per heavy atom. The molecule has 0 saturated heterocycles. The quantitative estimate of drug-likeness (QED) is 0.0358. The molecule has 234 valence electrons. The maximum atomic E-state index is 13.1. The van der Waals surface area contributed by atoms with E-state index in [0.717, 1.165) is 0 Å². The molecule has 0 heterocycles. The Hall–Kier alpha value is -3.99. The van der Waals surface area contributed by atoms with Crippen LogP contribution in [0.5, 0.6) is 0 Å². The molecule has 0 saturated carbocycles. The Bertz CT molecular complexity index is 925. The lowest BCUT2D eigenvalue weighted by Gasteiger charge is -2.26. The van der Waals surface area contributed by atoms with Crippen molar-refractivity contribution in [1.29, 1.82) is 0 Å². The largest absolute Gasteiger partial charge is 0.481 e. The van der Waals surface area contributed by atoms with Crippen LogP contribution in [0.4, 0.5) is 0 Å². The number of aliphatic carboxylic acids is 2. The van der Waals surface area contributed by atoms with E-state index in [4.69, 9.17) is 28.0 Å². The molecule has 0 unspecified atom stereocenters. The Balaban J connectivity index is 5.63. The van der Waals surface area contributed by atoms with Crippen molar-refractivity contribution >= 4 is 41.5 Å². The van der Waals surface area contributed by atoms with Crippen LogP contribution in [0.1, 0.15) is 58.8 Å². The van der Waals surface area contributed by atoms with E-state index in [9.17, 15) is 33.9 Å². The van der Waals surface area contributed by atoms with Crippen LogP contribution in [0.15, 0.2) is 4.99 Å². The predicted octanol–water partition coefficient (Wildman–Crippen LogP) is -3.33. The molecule has 0 radical (unpaired) electrons. The summed E-state index contributed by atoms with van der Waals surface area (Å²) in [5.74, 6) is -6.14. The van der Waals surface area contributed by atoms with Gasteiger partial charge >= 0.3 is 11.9 Å². The smallest absolute Gasteiger partial charge is 0.322 e. The van der Waals surface area contributed by atoms with Crippen molar-refractivity contribution in [3.05, 3.63) is 0 Å². The fourth-order valence-electron chi connectivity index (χ4n) is 3.61. The molecular weight excluding hydrogens is 542 g/mol. The molecule has 0 aliphatic carbocycles. The van der Waals surface area contributed by atoms with E-state index in [0.29, 0.717) is 25.8 Å². The van der Waals surface area contributed by atoms with Gasteiger partial charge in [-0.05, 0) is 51.0 Å². The first-order chi connectivity index (χ1) is 19.2. The summed E-state index contributed by atoms with van der Waals surface area (Å²) >= 11 is 0. The number of carboxylic acids is 2. The number of unbranched alkanes of at least 4 members (excludes halogenated alkanes) is 1. The molecule has 0 aromatic heterocycles. The molecule has 17 heteroatoms. The zero-order chi connectivity index (χ0) is 31.5. The Morgan fingerprint density at radius 3 is 1.88 bits per heavy atom. The van der Waals surface area contributed by atoms with Crippen molar-refractivity contribution in [1.82, 2.24) is 21.3 Å². The van der Waals surface area contributed by atoms with Gasteiger partial charge in [-0.2, -0.15) is 0 Å². The number of guanidine groups is 1. The van der Waals surface area contributed by atoms with E-state index in [-0.39, 0.29) is 37.7 Å². The highest BCUT2D eigenvalue weighted by atomic mass is 16.4. The molecule has 0 bridgehead atoms. The lowest BCUT2D eigenvalue weighted by Crippen LogP contribution is -2.58. The Morgan fingerprint density at radius 2 is 1.34 bits per heavy atom. The van der Waals surface area contributed by atoms with Crippen LogP contribution >= 0.6 is 0 Å². The minimum absolute atomic E-state index is 0.101. The number of hydrogen-bond acceptors (Lipinski definition) is 9. The highest BCUT2D eigenvalue weighted by Crippen LogP contribution is 2.08. The third kappa shape index (κ3) is 17.3. The van der Waals surface area contributed by atoms with Crippen LogP contribution in [0, 0.1) is 5.92 Å². The standard InChI is InChI=1S/C24H45N9O8/c1-13(2)10-16(21(39)30-12-19(36)37)32-23(41)17(11-18(34)35)33-22(40)15(7-3-4-8-25)31-20(38)14(26)6-5-9-29-24(27)28/h13-17H,3-12,25-26H2,1-2H3,(H,30,39)(H,31,38)(H,32,41)(H,33,40)(H,34,35)(H,36,37)(H4,27,28,29)/t14-,15-,16-,17-/m0/s1. The summed E-state index contributed by atoms with van der Waals surface area (Å²) in [4.78, 5) is 77.4. The van der Waals surface area contributed by atoms with Crippen molar-refractivity contribution in [2.24, 2.45) is 33.8 Å². The third-order valence-electron chi connectivity index (χ3n) is 5.65. The van der Waals surface area contributed by atoms with Gasteiger partial charge in [0.2, 0.25) is 23.6 Å². The predicted molar refractivity (Wildman–Crippen MR) is 149 cm³/mol. The summed E-state index contributed by atoms with van der Waals surface area (Å²) in [6.45, 7) is 3.43. The fourth-order valence-corrected chi connectivity index (χ4v) is 3.61. The van der Waals surface area contributed by atoms with Crippen LogP contribution in [0.2, 0.25) is 0 Å². The van der Waals surface area contributed by atoms with E-state index >= 15 is 0 Å². The van der Waals surface area contributed by atoms with Gasteiger partial charge in [0.25, 0.3) is 0 Å². The van der Waals surface area contributed by atoms with Crippen molar-refractivity contribution < 1.29 is 39.0 Å². The van der Waals surface area contributed by atoms with Gasteiger partial charge in [0.1, 0.15) is 24.7 Å². The van der Waals surface area contributed by atoms with Gasteiger partial charge in [-0.1, -0.05) is 13.8 Å². The van der Waals surface area contributed by atoms with Gasteiger partial charge < -0.3 is 54.4 Å². The summed E-state index contributed by atoms with van der Waals surface area (Å²) in [6, 6.07) is -4.95. The Kier molecular flexibility index (Phi) is 18.0. The molecule has 17 nitrogen and oxygen atoms in total. The second-order valence-electron chi connectivity index (χ2n) is 9.86. The number of amides is 4. The maximum absolute atomic E-state index is 13.1. The van der Waals surface area contributed by atoms with Gasteiger partial charge in [-0.25, -0.2) is 0 Å². The molecule has 0 spiro atoms. The first-order valence-corrected chi connectivity index (χ1v) is 13.3. The summed E-state index contributed by atoms with van der Waals surface area (Å²) in [7, 11) is 0. The summed E-state index contributed by atoms with van der Waals surface area (Å²) in [6.07, 6.45) is 1.00. The van der Waals surface area contributed by atoms with Gasteiger partial charge in [-0.3, -0.25) is 33.8 Å². The number of nitrogens with zero attached hydrogens (tertiary/aromatic N) is 1. The number of hydrogen-bond donors (Lipinski definition) is 10. The molecule has 14 N–H and O–H groups in total. The number of carbonyl (C=O) groups excluding carboxylic acids is 4. The zero-order valence-electron chi connectivity index (χ0n) is 23.6. The summed E-state index contributed by atoms with van der Waals surface area (Å²) in [5, 5.41) is 27.6. The summed E-state index contributed by atoms with van der Waals surface area (Å²) < 4.78 is 0. The highest BCUT2D eigenvalue weighted by molar-refractivity contribution is 5.96. The molecule has 0 aliphatic heterocycles. The minimum atomic E-state index is -1.61. The molecule has 0 fully saturated rings. The third-order valence-corrected chi connectivity index (χ3v) is 5.65. The number of aliphatic imine (C=N–C) groups is 1. The van der Waals surface area contributed by atoms with Gasteiger partial charge in [-0.15, -0.1) is 0 Å². The van der Waals surface area contributed by atoms with Crippen LogP contribution in [0.3, 0.4) is 0 Å². The number of carbonyl (C=O) groups is 6. The molecule has 0 rings (SSSR count). The van der Waals surface area contributed by atoms with E-state index in [1.54, 1.807) is 13.8 Å². The SMILES string of the molecule is CC(C)C[C@H](NC(=O)[C@H](CC(=O)O)NC(=O)[C@H](CCCCN)NC(=O)[C@@H](N)CCCN=C(N)N)C(=O)NCC(=O)O. The molecule has 4 amide bonds. The summed E-state index contributed by atoms with van der Waals surface area (Å²) in [5.41, 5.74) is 22.0. The monoisotopic (exact) mass is 587 g/mol. The van der Waals surface area contributed by atoms with Gasteiger partial charge in [0.15, 0.2) is 5.96 Å². The Labute approximate surface area is 238 Å². The molecule has 0 aliphatic rings. The van der Waals surface area contributed by atoms with Crippen molar-refractivity contribution in [2.75, 3.05) is 19.6 Å². The van der Waals surface area contributed by atoms with E-state index < -0.39 is 72.7 Å². The van der Waals surface area contributed by atoms with Crippen LogP contribution < -0.4 is 44.2 Å². The van der Waals surface area contributed by atoms with Crippen LogP contribution in [0.25, 0.3) is 0 Å². The zero-order valence-corrected chi connectivity index (χ0v) is 23.6. The van der Waals surface area contributed by atoms with E-state index in [1.165, 1.54) is 0 Å². The fraction of sp³-hybridized carbons (Fsp3) is 0.708. The second kappa shape index (κ2) is 20.0. The van der Waals surface area contributed by atoms with Crippen molar-refractivity contribution in [2.45, 2.75) is 83.0 Å². The van der Waals surface area contributed by atoms with Crippen molar-refractivity contribution in [3.8, 4) is 0 Å². The van der Waals surface area contributed by atoms with Crippen LogP contribution in [-0.2, 0) is 28.8 Å². The lowest BCUT2D eigenvalue weighted by molar-refractivity contribution is -0.142. The molecular formula is C24H45N9O8. The normalized spacial score (nSPS) is 13.7. The van der Waals surface area contributed by atoms with E-state index in [1.807, 2.05) is 0 Å². The van der Waals surface area contributed by atoms with Crippen molar-refractivity contribution in [3.63, 3.8) is 0 Å². The molecule has 4 atom stereocenters. The average molecular weight is 588 g/mol. The lowest BCUT2D eigenvalue weighted by atomic mass is 10.0. The molecule has 0 aromatic carbocycles. The average Bonchev–Trinajstić information content (AvgIpc) is 2.87. The number of nitrogens with two attached hydrogens (primary N) is 4. The van der Waals surface area contributed by atoms with Gasteiger partial charge in [0.05, 0.1) is 12.5 Å². The highest BCUT2D eigenvalue weighted by Gasteiger charge is 2.32. The maximum Gasteiger partial charge on any atom is 0.322 e. The molecule has 41 heavy (non-hydrogen) atoms. The van der Waals surface area contributed by atoms with E-state index in [2.05, 4.69) is 26.3 Å². The topological polar surface area (TPSA) is 307 Å². The number of carboxylic acid groups (broad SMARTS) is 2. The van der Waals surface area contributed by atoms with Crippen LogP contribution in [-0.4, -0.2) is 95.5 Å². The second-order valence-corrected chi connectivity index (χ2v) is 9.86. The van der Waals surface area contributed by atoms with Gasteiger partial charge in [0, 0.05) is 6.54 Å². The number of rotatable bonds is 21. The minimum Gasteiger partial charge on any atom is -0.481 e. The first kappa shape index (κ1) is 37.0. The molecule has 0 aromatic rings.